The Morgan fingerprint density at radius 1 is 1.41 bits per heavy atom. The van der Waals surface area contributed by atoms with Crippen molar-refractivity contribution in [1.29, 1.82) is 0 Å². The fraction of sp³-hybridized carbons (Fsp3) is 0.500. The highest BCUT2D eigenvalue weighted by atomic mass is 16.5. The Balaban J connectivity index is 2.45. The normalized spacial score (nSPS) is 19.5. The predicted octanol–water partition coefficient (Wildman–Crippen LogP) is 2.29. The summed E-state index contributed by atoms with van der Waals surface area (Å²) in [5, 5.41) is 9.23. The molecule has 0 amide bonds. The number of rotatable bonds is 3. The van der Waals surface area contributed by atoms with Gasteiger partial charge in [0.25, 0.3) is 0 Å². The number of carboxylic acid groups (broad SMARTS) is 1. The van der Waals surface area contributed by atoms with E-state index in [2.05, 4.69) is 6.07 Å². The molecule has 3 nitrogen and oxygen atoms in total. The quantitative estimate of drug-likeness (QED) is 0.872. The van der Waals surface area contributed by atoms with Crippen LogP contribution in [0.3, 0.4) is 0 Å². The first-order valence-corrected chi connectivity index (χ1v) is 5.85. The van der Waals surface area contributed by atoms with E-state index in [1.54, 1.807) is 6.92 Å². The van der Waals surface area contributed by atoms with E-state index >= 15 is 0 Å². The summed E-state index contributed by atoms with van der Waals surface area (Å²) in [5.74, 6) is -1.18. The van der Waals surface area contributed by atoms with E-state index in [1.165, 1.54) is 5.56 Å². The molecule has 3 heteroatoms. The summed E-state index contributed by atoms with van der Waals surface area (Å²) in [7, 11) is 0. The summed E-state index contributed by atoms with van der Waals surface area (Å²) in [6, 6.07) is 6.19. The largest absolute Gasteiger partial charge is 0.481 e. The zero-order chi connectivity index (χ0) is 12.6. The number of hydrogen-bond acceptors (Lipinski definition) is 2. The molecule has 1 aliphatic rings. The third kappa shape index (κ3) is 1.84. The molecule has 1 heterocycles. The van der Waals surface area contributed by atoms with Gasteiger partial charge in [0.2, 0.25) is 0 Å². The third-order valence-corrected chi connectivity index (χ3v) is 3.84. The predicted molar refractivity (Wildman–Crippen MR) is 65.2 cm³/mol. The van der Waals surface area contributed by atoms with E-state index in [9.17, 15) is 9.90 Å². The van der Waals surface area contributed by atoms with Gasteiger partial charge in [-0.3, -0.25) is 4.79 Å². The summed E-state index contributed by atoms with van der Waals surface area (Å²) in [6.07, 6.45) is 0. The fourth-order valence-electron chi connectivity index (χ4n) is 2.57. The van der Waals surface area contributed by atoms with Crippen LogP contribution >= 0.6 is 0 Å². The van der Waals surface area contributed by atoms with Crippen molar-refractivity contribution in [3.63, 3.8) is 0 Å². The topological polar surface area (TPSA) is 46.5 Å². The van der Waals surface area contributed by atoms with Crippen molar-refractivity contribution in [2.75, 3.05) is 13.2 Å². The van der Waals surface area contributed by atoms with E-state index < -0.39 is 11.9 Å². The monoisotopic (exact) mass is 234 g/mol. The minimum atomic E-state index is -0.756. The lowest BCUT2D eigenvalue weighted by Gasteiger charge is -2.45. The standard InChI is InChI=1S/C14H18O3/c1-9-4-5-12(10(2)6-9)14(7-17-8-14)11(3)13(15)16/h4-6,11H,7-8H2,1-3H3,(H,15,16). The average molecular weight is 234 g/mol. The maximum atomic E-state index is 11.2. The van der Waals surface area contributed by atoms with Gasteiger partial charge in [-0.2, -0.15) is 0 Å². The highest BCUT2D eigenvalue weighted by Gasteiger charge is 2.48. The van der Waals surface area contributed by atoms with Gasteiger partial charge < -0.3 is 9.84 Å². The second kappa shape index (κ2) is 4.15. The lowest BCUT2D eigenvalue weighted by Crippen LogP contribution is -2.54. The van der Waals surface area contributed by atoms with Crippen LogP contribution in [-0.2, 0) is 14.9 Å². The van der Waals surface area contributed by atoms with Crippen molar-refractivity contribution < 1.29 is 14.6 Å². The Morgan fingerprint density at radius 2 is 2.06 bits per heavy atom. The molecular weight excluding hydrogens is 216 g/mol. The zero-order valence-corrected chi connectivity index (χ0v) is 10.5. The van der Waals surface area contributed by atoms with Crippen LogP contribution in [0.4, 0.5) is 0 Å². The summed E-state index contributed by atoms with van der Waals surface area (Å²) >= 11 is 0. The lowest BCUT2D eigenvalue weighted by atomic mass is 9.68. The maximum Gasteiger partial charge on any atom is 0.307 e. The molecule has 2 rings (SSSR count). The first-order chi connectivity index (χ1) is 7.97. The highest BCUT2D eigenvalue weighted by molar-refractivity contribution is 5.72. The van der Waals surface area contributed by atoms with E-state index in [0.717, 1.165) is 11.1 Å². The van der Waals surface area contributed by atoms with Gasteiger partial charge in [-0.05, 0) is 25.0 Å². The first-order valence-electron chi connectivity index (χ1n) is 5.85. The second-order valence-electron chi connectivity index (χ2n) is 5.03. The van der Waals surface area contributed by atoms with Crippen molar-refractivity contribution >= 4 is 5.97 Å². The number of aliphatic carboxylic acids is 1. The molecule has 0 spiro atoms. The number of benzene rings is 1. The molecular formula is C14H18O3. The van der Waals surface area contributed by atoms with Crippen molar-refractivity contribution in [2.24, 2.45) is 5.92 Å². The van der Waals surface area contributed by atoms with Gasteiger partial charge in [-0.1, -0.05) is 30.7 Å². The number of carbonyl (C=O) groups is 1. The Morgan fingerprint density at radius 3 is 2.47 bits per heavy atom. The molecule has 1 aliphatic heterocycles. The molecule has 0 aromatic heterocycles. The number of hydrogen-bond donors (Lipinski definition) is 1. The number of carboxylic acids is 1. The fourth-order valence-corrected chi connectivity index (χ4v) is 2.57. The molecule has 0 radical (unpaired) electrons. The maximum absolute atomic E-state index is 11.2. The van der Waals surface area contributed by atoms with Gasteiger partial charge in [0.1, 0.15) is 0 Å². The Kier molecular flexibility index (Phi) is 2.96. The smallest absolute Gasteiger partial charge is 0.307 e. The first kappa shape index (κ1) is 12.1. The van der Waals surface area contributed by atoms with Gasteiger partial charge in [0.15, 0.2) is 0 Å². The summed E-state index contributed by atoms with van der Waals surface area (Å²) in [4.78, 5) is 11.2. The zero-order valence-electron chi connectivity index (χ0n) is 10.5. The highest BCUT2D eigenvalue weighted by Crippen LogP contribution is 2.41. The second-order valence-corrected chi connectivity index (χ2v) is 5.03. The third-order valence-electron chi connectivity index (χ3n) is 3.84. The molecule has 1 atom stereocenters. The Bertz CT molecular complexity index is 447. The summed E-state index contributed by atoms with van der Waals surface area (Å²) in [5.41, 5.74) is 3.12. The van der Waals surface area contributed by atoms with E-state index in [-0.39, 0.29) is 5.41 Å². The van der Waals surface area contributed by atoms with E-state index in [1.807, 2.05) is 26.0 Å². The van der Waals surface area contributed by atoms with Crippen LogP contribution in [0.1, 0.15) is 23.6 Å². The summed E-state index contributed by atoms with van der Waals surface area (Å²) < 4.78 is 5.29. The van der Waals surface area contributed by atoms with Gasteiger partial charge in [-0.25, -0.2) is 0 Å². The number of aryl methyl sites for hydroxylation is 2. The number of ether oxygens (including phenoxy) is 1. The molecule has 92 valence electrons. The molecule has 1 saturated heterocycles. The van der Waals surface area contributed by atoms with Crippen LogP contribution in [0.2, 0.25) is 0 Å². The van der Waals surface area contributed by atoms with Crippen LogP contribution < -0.4 is 0 Å². The Labute approximate surface area is 101 Å². The van der Waals surface area contributed by atoms with E-state index in [4.69, 9.17) is 4.74 Å². The van der Waals surface area contributed by atoms with Crippen LogP contribution in [0.5, 0.6) is 0 Å². The van der Waals surface area contributed by atoms with Crippen LogP contribution in [0.15, 0.2) is 18.2 Å². The molecule has 0 saturated carbocycles. The van der Waals surface area contributed by atoms with E-state index in [0.29, 0.717) is 13.2 Å². The molecule has 1 N–H and O–H groups in total. The minimum absolute atomic E-state index is 0.344. The molecule has 1 aromatic rings. The van der Waals surface area contributed by atoms with Crippen molar-refractivity contribution in [2.45, 2.75) is 26.2 Å². The van der Waals surface area contributed by atoms with Gasteiger partial charge >= 0.3 is 5.97 Å². The summed E-state index contributed by atoms with van der Waals surface area (Å²) in [6.45, 7) is 6.86. The van der Waals surface area contributed by atoms with Crippen LogP contribution in [0, 0.1) is 19.8 Å². The van der Waals surface area contributed by atoms with Crippen molar-refractivity contribution in [3.05, 3.63) is 34.9 Å². The SMILES string of the molecule is Cc1ccc(C2(C(C)C(=O)O)COC2)c(C)c1. The van der Waals surface area contributed by atoms with Gasteiger partial charge in [0, 0.05) is 0 Å². The van der Waals surface area contributed by atoms with Crippen molar-refractivity contribution in [3.8, 4) is 0 Å². The van der Waals surface area contributed by atoms with Crippen LogP contribution in [-0.4, -0.2) is 24.3 Å². The van der Waals surface area contributed by atoms with Gasteiger partial charge in [-0.15, -0.1) is 0 Å². The minimum Gasteiger partial charge on any atom is -0.481 e. The van der Waals surface area contributed by atoms with Crippen LogP contribution in [0.25, 0.3) is 0 Å². The average Bonchev–Trinajstić information content (AvgIpc) is 2.19. The van der Waals surface area contributed by atoms with Gasteiger partial charge in [0.05, 0.1) is 24.5 Å². The molecule has 17 heavy (non-hydrogen) atoms. The molecule has 1 fully saturated rings. The van der Waals surface area contributed by atoms with Crippen molar-refractivity contribution in [1.82, 2.24) is 0 Å². The Hall–Kier alpha value is -1.35. The molecule has 1 aromatic carbocycles. The molecule has 1 unspecified atom stereocenters. The molecule has 0 aliphatic carbocycles. The molecule has 0 bridgehead atoms. The lowest BCUT2D eigenvalue weighted by molar-refractivity contribution is -0.155.